The van der Waals surface area contributed by atoms with Gasteiger partial charge in [0.05, 0.1) is 32.6 Å². The lowest BCUT2D eigenvalue weighted by Gasteiger charge is -2.15. The zero-order valence-corrected chi connectivity index (χ0v) is 22.5. The summed E-state index contributed by atoms with van der Waals surface area (Å²) in [7, 11) is 0. The summed E-state index contributed by atoms with van der Waals surface area (Å²) in [5, 5.41) is 0.633. The molecule has 0 aromatic heterocycles. The quantitative estimate of drug-likeness (QED) is 0.248. The zero-order chi connectivity index (χ0) is 24.9. The molecule has 0 N–H and O–H groups in total. The maximum Gasteiger partial charge on any atom is 0.293 e. The first-order chi connectivity index (χ1) is 16.9. The Kier molecular flexibility index (Phi) is 8.44. The molecule has 0 radical (unpaired) electrons. The van der Waals surface area contributed by atoms with Crippen LogP contribution < -0.4 is 9.47 Å². The van der Waals surface area contributed by atoms with Crippen molar-refractivity contribution in [1.82, 2.24) is 4.90 Å². The summed E-state index contributed by atoms with van der Waals surface area (Å²) in [6.07, 6.45) is 1.69. The van der Waals surface area contributed by atoms with Crippen LogP contribution in [0, 0.1) is 0 Å². The van der Waals surface area contributed by atoms with Gasteiger partial charge in [-0.25, -0.2) is 0 Å². The smallest absolute Gasteiger partial charge is 0.293 e. The highest BCUT2D eigenvalue weighted by Gasteiger charge is 2.35. The van der Waals surface area contributed by atoms with Crippen LogP contribution in [0.15, 0.2) is 70.0 Å². The molecule has 3 aromatic carbocycles. The first kappa shape index (κ1) is 25.6. The van der Waals surface area contributed by atoms with E-state index in [0.717, 1.165) is 22.9 Å². The minimum absolute atomic E-state index is 0.234. The van der Waals surface area contributed by atoms with Crippen molar-refractivity contribution in [3.05, 3.63) is 96.8 Å². The van der Waals surface area contributed by atoms with E-state index in [1.165, 1.54) is 4.90 Å². The van der Waals surface area contributed by atoms with Crippen LogP contribution in [0.2, 0.25) is 10.0 Å². The van der Waals surface area contributed by atoms with Gasteiger partial charge in [-0.2, -0.15) is 0 Å². The highest BCUT2D eigenvalue weighted by atomic mass is 79.9. The number of thioether (sulfide) groups is 1. The summed E-state index contributed by atoms with van der Waals surface area (Å²) in [5.41, 5.74) is 2.44. The molecule has 1 fully saturated rings. The van der Waals surface area contributed by atoms with E-state index in [1.54, 1.807) is 24.3 Å². The van der Waals surface area contributed by atoms with Gasteiger partial charge in [-0.15, -0.1) is 0 Å². The van der Waals surface area contributed by atoms with E-state index in [0.29, 0.717) is 43.1 Å². The predicted molar refractivity (Wildman–Crippen MR) is 144 cm³/mol. The van der Waals surface area contributed by atoms with Crippen molar-refractivity contribution >= 4 is 68.1 Å². The van der Waals surface area contributed by atoms with Crippen molar-refractivity contribution in [2.24, 2.45) is 0 Å². The molecule has 180 valence electrons. The normalized spacial score (nSPS) is 14.6. The Labute approximate surface area is 226 Å². The van der Waals surface area contributed by atoms with Crippen molar-refractivity contribution in [2.45, 2.75) is 20.1 Å². The van der Waals surface area contributed by atoms with E-state index < -0.39 is 0 Å². The number of ether oxygens (including phenoxy) is 2. The van der Waals surface area contributed by atoms with Gasteiger partial charge in [0.1, 0.15) is 6.61 Å². The molecule has 2 amide bonds. The number of halogens is 3. The average molecular weight is 593 g/mol. The zero-order valence-electron chi connectivity index (χ0n) is 18.6. The fraction of sp³-hybridized carbons (Fsp3) is 0.154. The standard InChI is InChI=1S/C26H20BrCl2NO4S/c1-2-33-22-12-18(10-19(27)24(22)34-15-17-8-9-20(28)21(29)11-17)13-23-25(31)30(26(32)35-23)14-16-6-4-3-5-7-16/h3-13H,2,14-15H2,1H3/b23-13-. The molecule has 5 nitrogen and oxygen atoms in total. The van der Waals surface area contributed by atoms with Gasteiger partial charge in [0.2, 0.25) is 0 Å². The number of nitrogens with zero attached hydrogens (tertiary/aromatic N) is 1. The van der Waals surface area contributed by atoms with Gasteiger partial charge in [-0.05, 0) is 81.6 Å². The van der Waals surface area contributed by atoms with E-state index in [9.17, 15) is 9.59 Å². The van der Waals surface area contributed by atoms with E-state index in [1.807, 2.05) is 49.4 Å². The fourth-order valence-electron chi connectivity index (χ4n) is 3.41. The summed E-state index contributed by atoms with van der Waals surface area (Å²) < 4.78 is 12.5. The van der Waals surface area contributed by atoms with Crippen LogP contribution in [0.5, 0.6) is 11.5 Å². The molecule has 0 unspecified atom stereocenters. The second kappa shape index (κ2) is 11.5. The molecular weight excluding hydrogens is 573 g/mol. The molecule has 4 rings (SSSR count). The predicted octanol–water partition coefficient (Wildman–Crippen LogP) is 7.97. The SMILES string of the molecule is CCOc1cc(/C=C2\SC(=O)N(Cc3ccccc3)C2=O)cc(Br)c1OCc1ccc(Cl)c(Cl)c1. The highest BCUT2D eigenvalue weighted by Crippen LogP contribution is 2.40. The molecular formula is C26H20BrCl2NO4S. The molecule has 1 aliphatic rings. The lowest BCUT2D eigenvalue weighted by molar-refractivity contribution is -0.123. The number of amides is 2. The second-order valence-electron chi connectivity index (χ2n) is 7.55. The van der Waals surface area contributed by atoms with E-state index >= 15 is 0 Å². The third-order valence-electron chi connectivity index (χ3n) is 5.05. The van der Waals surface area contributed by atoms with Crippen molar-refractivity contribution in [3.8, 4) is 11.5 Å². The Bertz CT molecular complexity index is 1300. The number of carbonyl (C=O) groups is 2. The van der Waals surface area contributed by atoms with E-state index in [4.69, 9.17) is 32.7 Å². The molecule has 3 aromatic rings. The molecule has 0 atom stereocenters. The average Bonchev–Trinajstić information content (AvgIpc) is 3.09. The number of benzene rings is 3. The fourth-order valence-corrected chi connectivity index (χ4v) is 5.15. The van der Waals surface area contributed by atoms with Gasteiger partial charge < -0.3 is 9.47 Å². The van der Waals surface area contributed by atoms with Crippen LogP contribution in [-0.4, -0.2) is 22.7 Å². The second-order valence-corrected chi connectivity index (χ2v) is 10.2. The van der Waals surface area contributed by atoms with Crippen LogP contribution in [0.25, 0.3) is 6.08 Å². The topological polar surface area (TPSA) is 55.8 Å². The maximum atomic E-state index is 12.9. The van der Waals surface area contributed by atoms with Crippen molar-refractivity contribution in [2.75, 3.05) is 6.61 Å². The van der Waals surface area contributed by atoms with E-state index in [2.05, 4.69) is 15.9 Å². The minimum Gasteiger partial charge on any atom is -0.490 e. The Hall–Kier alpha value is -2.45. The number of imide groups is 1. The van der Waals surface area contributed by atoms with Crippen LogP contribution in [-0.2, 0) is 17.9 Å². The maximum absolute atomic E-state index is 12.9. The summed E-state index contributed by atoms with van der Waals surface area (Å²) in [6, 6.07) is 18.3. The monoisotopic (exact) mass is 591 g/mol. The number of hydrogen-bond donors (Lipinski definition) is 0. The van der Waals surface area contributed by atoms with Gasteiger partial charge >= 0.3 is 0 Å². The number of hydrogen-bond acceptors (Lipinski definition) is 5. The van der Waals surface area contributed by atoms with Crippen LogP contribution >= 0.6 is 50.9 Å². The lowest BCUT2D eigenvalue weighted by atomic mass is 10.1. The molecule has 1 heterocycles. The lowest BCUT2D eigenvalue weighted by Crippen LogP contribution is -2.27. The van der Waals surface area contributed by atoms with Crippen LogP contribution in [0.1, 0.15) is 23.6 Å². The van der Waals surface area contributed by atoms with Crippen molar-refractivity contribution in [3.63, 3.8) is 0 Å². The van der Waals surface area contributed by atoms with Gasteiger partial charge in [0.25, 0.3) is 11.1 Å². The molecule has 0 saturated carbocycles. The molecule has 0 aliphatic carbocycles. The minimum atomic E-state index is -0.321. The first-order valence-electron chi connectivity index (χ1n) is 10.7. The summed E-state index contributed by atoms with van der Waals surface area (Å²) in [4.78, 5) is 27.0. The van der Waals surface area contributed by atoms with Crippen molar-refractivity contribution in [1.29, 1.82) is 0 Å². The van der Waals surface area contributed by atoms with Gasteiger partial charge in [0.15, 0.2) is 11.5 Å². The molecule has 1 aliphatic heterocycles. The van der Waals surface area contributed by atoms with Gasteiger partial charge in [-0.3, -0.25) is 14.5 Å². The van der Waals surface area contributed by atoms with Crippen LogP contribution in [0.3, 0.4) is 0 Å². The third kappa shape index (κ3) is 6.22. The molecule has 1 saturated heterocycles. The molecule has 0 spiro atoms. The van der Waals surface area contributed by atoms with E-state index in [-0.39, 0.29) is 24.3 Å². The number of carbonyl (C=O) groups excluding carboxylic acids is 2. The Morgan fingerprint density at radius 1 is 0.971 bits per heavy atom. The highest BCUT2D eigenvalue weighted by molar-refractivity contribution is 9.10. The Morgan fingerprint density at radius 3 is 2.46 bits per heavy atom. The van der Waals surface area contributed by atoms with Gasteiger partial charge in [-0.1, -0.05) is 59.6 Å². The summed E-state index contributed by atoms with van der Waals surface area (Å²) in [6.45, 7) is 2.79. The first-order valence-corrected chi connectivity index (χ1v) is 13.0. The number of rotatable bonds is 8. The molecule has 35 heavy (non-hydrogen) atoms. The van der Waals surface area contributed by atoms with Crippen molar-refractivity contribution < 1.29 is 19.1 Å². The Balaban J connectivity index is 1.55. The molecule has 0 bridgehead atoms. The molecule has 9 heteroatoms. The Morgan fingerprint density at radius 2 is 1.74 bits per heavy atom. The summed E-state index contributed by atoms with van der Waals surface area (Å²) in [5.74, 6) is 0.710. The largest absolute Gasteiger partial charge is 0.490 e. The summed E-state index contributed by atoms with van der Waals surface area (Å²) >= 11 is 16.6. The third-order valence-corrected chi connectivity index (χ3v) is 7.29. The van der Waals surface area contributed by atoms with Crippen LogP contribution in [0.4, 0.5) is 4.79 Å². The van der Waals surface area contributed by atoms with Gasteiger partial charge in [0, 0.05) is 0 Å².